The summed E-state index contributed by atoms with van der Waals surface area (Å²) < 4.78 is 1.06. The molecule has 3 aromatic rings. The van der Waals surface area contributed by atoms with Crippen molar-refractivity contribution < 1.29 is 9.90 Å². The molecule has 0 amide bonds. The van der Waals surface area contributed by atoms with Crippen LogP contribution in [0.2, 0.25) is 0 Å². The highest BCUT2D eigenvalue weighted by atomic mass is 32.1. The number of hydrogen-bond donors (Lipinski definition) is 1. The van der Waals surface area contributed by atoms with E-state index in [4.69, 9.17) is 0 Å². The van der Waals surface area contributed by atoms with Gasteiger partial charge in [0.2, 0.25) is 0 Å². The molecule has 2 aromatic carbocycles. The second kappa shape index (κ2) is 6.84. The smallest absolute Gasteiger partial charge is 0.307 e. The van der Waals surface area contributed by atoms with Gasteiger partial charge in [-0.15, -0.1) is 11.3 Å². The van der Waals surface area contributed by atoms with E-state index < -0.39 is 5.97 Å². The minimum absolute atomic E-state index is 0.0464. The van der Waals surface area contributed by atoms with Crippen molar-refractivity contribution >= 4 is 44.9 Å². The number of aliphatic carboxylic acids is 1. The van der Waals surface area contributed by atoms with E-state index in [1.54, 1.807) is 0 Å². The Bertz CT molecular complexity index is 862. The van der Waals surface area contributed by atoms with Crippen LogP contribution in [0.5, 0.6) is 0 Å². The number of hydrogen-bond acceptors (Lipinski definition) is 4. The van der Waals surface area contributed by atoms with E-state index in [0.717, 1.165) is 32.0 Å². The van der Waals surface area contributed by atoms with Crippen LogP contribution in [0.15, 0.2) is 48.5 Å². The van der Waals surface area contributed by atoms with Gasteiger partial charge in [-0.2, -0.15) is 0 Å². The van der Waals surface area contributed by atoms with Crippen molar-refractivity contribution in [2.75, 3.05) is 19.0 Å². The van der Waals surface area contributed by atoms with E-state index >= 15 is 0 Å². The normalized spacial score (nSPS) is 11.7. The number of nitrogens with zero attached hydrogens (tertiary/aromatic N) is 2. The lowest BCUT2D eigenvalue weighted by atomic mass is 10.1. The van der Waals surface area contributed by atoms with Crippen molar-refractivity contribution in [2.45, 2.75) is 6.42 Å². The summed E-state index contributed by atoms with van der Waals surface area (Å²) in [7, 11) is 3.98. The third-order valence-corrected chi connectivity index (χ3v) is 4.77. The summed E-state index contributed by atoms with van der Waals surface area (Å²) in [6, 6.07) is 15.9. The topological polar surface area (TPSA) is 53.4 Å². The lowest BCUT2D eigenvalue weighted by Crippen LogP contribution is -2.07. The molecule has 0 spiro atoms. The van der Waals surface area contributed by atoms with E-state index in [-0.39, 0.29) is 6.42 Å². The van der Waals surface area contributed by atoms with Gasteiger partial charge in [0.05, 0.1) is 16.6 Å². The lowest BCUT2D eigenvalue weighted by molar-refractivity contribution is -0.135. The van der Waals surface area contributed by atoms with Crippen LogP contribution in [0, 0.1) is 0 Å². The first kappa shape index (κ1) is 16.2. The number of para-hydroxylation sites is 1. The maximum atomic E-state index is 11.3. The molecule has 0 aliphatic rings. The SMILES string of the molecule is CN(C)c1ccc(C=C(CC(=O)O)c2nc3ccccc3s2)cc1. The Morgan fingerprint density at radius 2 is 1.88 bits per heavy atom. The van der Waals surface area contributed by atoms with Crippen LogP contribution in [0.3, 0.4) is 0 Å². The average molecular weight is 338 g/mol. The third-order valence-electron chi connectivity index (χ3n) is 3.66. The molecule has 4 nitrogen and oxygen atoms in total. The van der Waals surface area contributed by atoms with Gasteiger partial charge in [-0.25, -0.2) is 4.98 Å². The number of anilines is 1. The number of carboxylic acids is 1. The summed E-state index contributed by atoms with van der Waals surface area (Å²) in [6.07, 6.45) is 1.86. The summed E-state index contributed by atoms with van der Waals surface area (Å²) in [5.41, 5.74) is 3.70. The number of carbonyl (C=O) groups is 1. The molecule has 1 heterocycles. The maximum absolute atomic E-state index is 11.3. The zero-order valence-electron chi connectivity index (χ0n) is 13.6. The zero-order valence-corrected chi connectivity index (χ0v) is 14.4. The molecule has 24 heavy (non-hydrogen) atoms. The van der Waals surface area contributed by atoms with Gasteiger partial charge >= 0.3 is 5.97 Å². The van der Waals surface area contributed by atoms with Crippen molar-refractivity contribution in [1.82, 2.24) is 4.98 Å². The minimum Gasteiger partial charge on any atom is -0.481 e. The van der Waals surface area contributed by atoms with E-state index in [1.807, 2.05) is 73.6 Å². The minimum atomic E-state index is -0.856. The van der Waals surface area contributed by atoms with Crippen LogP contribution in [0.4, 0.5) is 5.69 Å². The maximum Gasteiger partial charge on any atom is 0.307 e. The zero-order chi connectivity index (χ0) is 17.1. The Kier molecular flexibility index (Phi) is 4.62. The second-order valence-electron chi connectivity index (χ2n) is 5.71. The van der Waals surface area contributed by atoms with Crippen molar-refractivity contribution in [3.63, 3.8) is 0 Å². The lowest BCUT2D eigenvalue weighted by Gasteiger charge is -2.12. The van der Waals surface area contributed by atoms with Crippen molar-refractivity contribution in [1.29, 1.82) is 0 Å². The number of rotatable bonds is 5. The second-order valence-corrected chi connectivity index (χ2v) is 6.74. The van der Waals surface area contributed by atoms with Gasteiger partial charge in [-0.1, -0.05) is 24.3 Å². The first-order valence-electron chi connectivity index (χ1n) is 7.58. The molecule has 0 fully saturated rings. The molecule has 0 saturated heterocycles. The molecule has 0 saturated carbocycles. The highest BCUT2D eigenvalue weighted by Gasteiger charge is 2.12. The van der Waals surface area contributed by atoms with Gasteiger partial charge in [0.15, 0.2) is 0 Å². The molecule has 0 unspecified atom stereocenters. The van der Waals surface area contributed by atoms with E-state index in [9.17, 15) is 9.90 Å². The molecule has 0 aliphatic carbocycles. The van der Waals surface area contributed by atoms with Gasteiger partial charge in [0.25, 0.3) is 0 Å². The molecule has 122 valence electrons. The number of carboxylic acid groups (broad SMARTS) is 1. The molecule has 0 atom stereocenters. The Morgan fingerprint density at radius 3 is 2.50 bits per heavy atom. The fraction of sp³-hybridized carbons (Fsp3) is 0.158. The van der Waals surface area contributed by atoms with Crippen molar-refractivity contribution in [3.05, 3.63) is 59.1 Å². The number of benzene rings is 2. The Balaban J connectivity index is 2.00. The quantitative estimate of drug-likeness (QED) is 0.750. The Morgan fingerprint density at radius 1 is 1.17 bits per heavy atom. The molecule has 1 N–H and O–H groups in total. The van der Waals surface area contributed by atoms with Gasteiger partial charge in [-0.05, 0) is 41.5 Å². The third kappa shape index (κ3) is 3.63. The van der Waals surface area contributed by atoms with Crippen LogP contribution in [-0.2, 0) is 4.79 Å². The van der Waals surface area contributed by atoms with Gasteiger partial charge in [0.1, 0.15) is 5.01 Å². The monoisotopic (exact) mass is 338 g/mol. The molecule has 1 aromatic heterocycles. The summed E-state index contributed by atoms with van der Waals surface area (Å²) in [4.78, 5) is 17.9. The van der Waals surface area contributed by atoms with Gasteiger partial charge in [0, 0.05) is 19.8 Å². The van der Waals surface area contributed by atoms with Crippen LogP contribution in [0.25, 0.3) is 21.9 Å². The summed E-state index contributed by atoms with van der Waals surface area (Å²) in [6.45, 7) is 0. The van der Waals surface area contributed by atoms with Crippen molar-refractivity contribution in [3.8, 4) is 0 Å². The number of aromatic nitrogens is 1. The fourth-order valence-corrected chi connectivity index (χ4v) is 3.41. The highest BCUT2D eigenvalue weighted by Crippen LogP contribution is 2.30. The molecule has 0 radical (unpaired) electrons. The van der Waals surface area contributed by atoms with Crippen LogP contribution >= 0.6 is 11.3 Å². The summed E-state index contributed by atoms with van der Waals surface area (Å²) in [5.74, 6) is -0.856. The molecule has 3 rings (SSSR count). The first-order chi connectivity index (χ1) is 11.5. The molecular formula is C19H18N2O2S. The molecule has 0 aliphatic heterocycles. The van der Waals surface area contributed by atoms with E-state index in [0.29, 0.717) is 0 Å². The molecule has 0 bridgehead atoms. The summed E-state index contributed by atoms with van der Waals surface area (Å²) in [5, 5.41) is 10.0. The number of thiazole rings is 1. The number of fused-ring (bicyclic) bond motifs is 1. The molecular weight excluding hydrogens is 320 g/mol. The van der Waals surface area contributed by atoms with Crippen LogP contribution in [-0.4, -0.2) is 30.2 Å². The summed E-state index contributed by atoms with van der Waals surface area (Å²) >= 11 is 1.52. The predicted molar refractivity (Wildman–Crippen MR) is 101 cm³/mol. The van der Waals surface area contributed by atoms with Gasteiger partial charge < -0.3 is 10.0 Å². The fourth-order valence-electron chi connectivity index (χ4n) is 2.43. The first-order valence-corrected chi connectivity index (χ1v) is 8.40. The van der Waals surface area contributed by atoms with E-state index in [2.05, 4.69) is 4.98 Å². The average Bonchev–Trinajstić information content (AvgIpc) is 2.98. The Labute approximate surface area is 144 Å². The standard InChI is InChI=1S/C19H18N2O2S/c1-21(2)15-9-7-13(8-10-15)11-14(12-18(22)23)19-20-16-5-3-4-6-17(16)24-19/h3-11H,12H2,1-2H3,(H,22,23). The largest absolute Gasteiger partial charge is 0.481 e. The van der Waals surface area contributed by atoms with E-state index in [1.165, 1.54) is 11.3 Å². The predicted octanol–water partition coefficient (Wildman–Crippen LogP) is 4.38. The Hall–Kier alpha value is -2.66. The van der Waals surface area contributed by atoms with Gasteiger partial charge in [-0.3, -0.25) is 4.79 Å². The molecule has 5 heteroatoms. The van der Waals surface area contributed by atoms with Crippen molar-refractivity contribution in [2.24, 2.45) is 0 Å². The van der Waals surface area contributed by atoms with Crippen LogP contribution in [0.1, 0.15) is 17.0 Å². The highest BCUT2D eigenvalue weighted by molar-refractivity contribution is 7.19. The van der Waals surface area contributed by atoms with Crippen LogP contribution < -0.4 is 4.90 Å².